The van der Waals surface area contributed by atoms with Crippen molar-refractivity contribution >= 4 is 29.0 Å². The maximum atomic E-state index is 12.6. The summed E-state index contributed by atoms with van der Waals surface area (Å²) < 4.78 is 6.05. The average molecular weight is 345 g/mol. The average Bonchev–Trinajstić information content (AvgIpc) is 2.94. The molecule has 7 heteroatoms. The molecule has 1 fully saturated rings. The highest BCUT2D eigenvalue weighted by atomic mass is 35.5. The van der Waals surface area contributed by atoms with Gasteiger partial charge >= 0.3 is 0 Å². The van der Waals surface area contributed by atoms with Gasteiger partial charge in [0.2, 0.25) is 0 Å². The summed E-state index contributed by atoms with van der Waals surface area (Å²) in [7, 11) is 0. The van der Waals surface area contributed by atoms with E-state index < -0.39 is 5.54 Å². The lowest BCUT2D eigenvalue weighted by Crippen LogP contribution is -2.54. The molecule has 0 unspecified atom stereocenters. The fraction of sp³-hybridized carbons (Fsp3) is 0.353. The Morgan fingerprint density at radius 2 is 2.17 bits per heavy atom. The van der Waals surface area contributed by atoms with E-state index in [-0.39, 0.29) is 12.0 Å². The van der Waals surface area contributed by atoms with Crippen LogP contribution in [-0.2, 0) is 16.1 Å². The predicted octanol–water partition coefficient (Wildman–Crippen LogP) is 2.64. The number of aromatic nitrogens is 2. The summed E-state index contributed by atoms with van der Waals surface area (Å²) in [5.41, 5.74) is 1.25. The molecule has 3 heterocycles. The third-order valence-electron chi connectivity index (χ3n) is 4.69. The van der Waals surface area contributed by atoms with Crippen LogP contribution in [0.4, 0.5) is 11.5 Å². The molecule has 2 aromatic rings. The molecule has 1 aromatic carbocycles. The lowest BCUT2D eigenvalue weighted by molar-refractivity contribution is -0.121. The van der Waals surface area contributed by atoms with Crippen LogP contribution in [0.3, 0.4) is 0 Å². The van der Waals surface area contributed by atoms with Gasteiger partial charge in [0, 0.05) is 19.0 Å². The smallest absolute Gasteiger partial charge is 0.251 e. The molecule has 1 saturated heterocycles. The summed E-state index contributed by atoms with van der Waals surface area (Å²) in [4.78, 5) is 14.6. The van der Waals surface area contributed by atoms with Crippen LogP contribution >= 0.6 is 11.6 Å². The van der Waals surface area contributed by atoms with Crippen molar-refractivity contribution < 1.29 is 9.53 Å². The van der Waals surface area contributed by atoms with E-state index in [0.717, 1.165) is 11.3 Å². The molecular weight excluding hydrogens is 328 g/mol. The molecule has 2 atom stereocenters. The van der Waals surface area contributed by atoms with Crippen LogP contribution < -0.4 is 10.2 Å². The number of halogens is 1. The van der Waals surface area contributed by atoms with Gasteiger partial charge in [-0.3, -0.25) is 4.79 Å². The molecule has 1 aromatic heterocycles. The molecule has 2 aliphatic rings. The maximum absolute atomic E-state index is 12.6. The van der Waals surface area contributed by atoms with Gasteiger partial charge in [0.15, 0.2) is 11.0 Å². The van der Waals surface area contributed by atoms with Crippen molar-refractivity contribution in [3.8, 4) is 0 Å². The third-order valence-corrected chi connectivity index (χ3v) is 4.88. The summed E-state index contributed by atoms with van der Waals surface area (Å²) in [6.45, 7) is 3.07. The zero-order chi connectivity index (χ0) is 16.7. The Morgan fingerprint density at radius 1 is 1.38 bits per heavy atom. The number of carbonyl (C=O) groups excluding carboxylic acids is 1. The number of fused-ring (bicyclic) bond motifs is 3. The highest BCUT2D eigenvalue weighted by Crippen LogP contribution is 2.43. The zero-order valence-corrected chi connectivity index (χ0v) is 14.0. The molecule has 6 nitrogen and oxygen atoms in total. The van der Waals surface area contributed by atoms with Crippen molar-refractivity contribution in [1.82, 2.24) is 10.2 Å². The number of carbonyl (C=O) groups is 1. The SMILES string of the molecule is C[C@]12C[C@H](OCc3ccccc3)CN1c1cc(Cl)nnc1NC2=O. The topological polar surface area (TPSA) is 67.3 Å². The van der Waals surface area contributed by atoms with Crippen molar-refractivity contribution in [3.63, 3.8) is 0 Å². The van der Waals surface area contributed by atoms with E-state index >= 15 is 0 Å². The number of rotatable bonds is 3. The molecule has 1 N–H and O–H groups in total. The molecule has 0 saturated carbocycles. The number of anilines is 2. The second-order valence-corrected chi connectivity index (χ2v) is 6.75. The first-order valence-corrected chi connectivity index (χ1v) is 8.22. The first kappa shape index (κ1) is 15.4. The molecule has 0 bridgehead atoms. The van der Waals surface area contributed by atoms with E-state index in [1.807, 2.05) is 42.2 Å². The standard InChI is InChI=1S/C17H17ClN4O2/c1-17-8-12(24-10-11-5-3-2-4-6-11)9-22(17)13-7-14(18)20-21-15(13)19-16(17)23/h2-7,12H,8-10H2,1H3,(H,19,21,23)/t12-,17+/m0/s1. The molecule has 2 aliphatic heterocycles. The zero-order valence-electron chi connectivity index (χ0n) is 13.2. The number of hydrogen-bond acceptors (Lipinski definition) is 5. The van der Waals surface area contributed by atoms with E-state index in [0.29, 0.717) is 30.5 Å². The van der Waals surface area contributed by atoms with Crippen LogP contribution in [0.2, 0.25) is 5.15 Å². The first-order chi connectivity index (χ1) is 11.6. The number of amides is 1. The largest absolute Gasteiger partial charge is 0.372 e. The summed E-state index contributed by atoms with van der Waals surface area (Å²) >= 11 is 5.98. The molecular formula is C17H17ClN4O2. The lowest BCUT2D eigenvalue weighted by Gasteiger charge is -2.39. The van der Waals surface area contributed by atoms with Gasteiger partial charge in [-0.2, -0.15) is 0 Å². The summed E-state index contributed by atoms with van der Waals surface area (Å²) in [5, 5.41) is 10.9. The Hall–Kier alpha value is -2.18. The second kappa shape index (κ2) is 5.72. The molecule has 1 amide bonds. The van der Waals surface area contributed by atoms with Crippen LogP contribution in [0.5, 0.6) is 0 Å². The summed E-state index contributed by atoms with van der Waals surface area (Å²) in [5.74, 6) is 0.364. The van der Waals surface area contributed by atoms with Crippen LogP contribution in [0, 0.1) is 0 Å². The Kier molecular flexibility index (Phi) is 3.66. The number of ether oxygens (including phenoxy) is 1. The van der Waals surface area contributed by atoms with Gasteiger partial charge in [-0.15, -0.1) is 10.2 Å². The highest BCUT2D eigenvalue weighted by molar-refractivity contribution is 6.29. The van der Waals surface area contributed by atoms with E-state index in [1.54, 1.807) is 6.07 Å². The Morgan fingerprint density at radius 3 is 2.96 bits per heavy atom. The van der Waals surface area contributed by atoms with Crippen molar-refractivity contribution in [2.75, 3.05) is 16.8 Å². The van der Waals surface area contributed by atoms with Crippen LogP contribution in [0.25, 0.3) is 0 Å². The lowest BCUT2D eigenvalue weighted by atomic mass is 9.94. The Bertz CT molecular complexity index is 785. The fourth-order valence-electron chi connectivity index (χ4n) is 3.40. The number of benzene rings is 1. The quantitative estimate of drug-likeness (QED) is 0.927. The minimum Gasteiger partial charge on any atom is -0.372 e. The molecule has 0 radical (unpaired) electrons. The number of hydrogen-bond donors (Lipinski definition) is 1. The number of nitrogens with zero attached hydrogens (tertiary/aromatic N) is 3. The third kappa shape index (κ3) is 2.52. The van der Waals surface area contributed by atoms with Crippen LogP contribution in [0.1, 0.15) is 18.9 Å². The van der Waals surface area contributed by atoms with Gasteiger partial charge in [0.05, 0.1) is 18.4 Å². The van der Waals surface area contributed by atoms with E-state index in [4.69, 9.17) is 16.3 Å². The van der Waals surface area contributed by atoms with Gasteiger partial charge in [0.1, 0.15) is 5.54 Å². The minimum absolute atomic E-state index is 0.0427. The number of nitrogens with one attached hydrogen (secondary N) is 1. The minimum atomic E-state index is -0.666. The van der Waals surface area contributed by atoms with Crippen LogP contribution in [0.15, 0.2) is 36.4 Å². The molecule has 0 aliphatic carbocycles. The van der Waals surface area contributed by atoms with Gasteiger partial charge in [-0.1, -0.05) is 41.9 Å². The molecule has 124 valence electrons. The predicted molar refractivity (Wildman–Crippen MR) is 91.1 cm³/mol. The summed E-state index contributed by atoms with van der Waals surface area (Å²) in [6, 6.07) is 11.8. The van der Waals surface area contributed by atoms with Crippen LogP contribution in [-0.4, -0.2) is 34.3 Å². The second-order valence-electron chi connectivity index (χ2n) is 6.36. The van der Waals surface area contributed by atoms with Crippen molar-refractivity contribution in [2.24, 2.45) is 0 Å². The van der Waals surface area contributed by atoms with Gasteiger partial charge < -0.3 is 15.0 Å². The Balaban J connectivity index is 1.56. The van der Waals surface area contributed by atoms with Gasteiger partial charge in [-0.05, 0) is 12.5 Å². The monoisotopic (exact) mass is 344 g/mol. The Labute approximate surface area is 144 Å². The fourth-order valence-corrected chi connectivity index (χ4v) is 3.54. The van der Waals surface area contributed by atoms with Crippen molar-refractivity contribution in [3.05, 3.63) is 47.1 Å². The molecule has 0 spiro atoms. The van der Waals surface area contributed by atoms with Gasteiger partial charge in [-0.25, -0.2) is 0 Å². The van der Waals surface area contributed by atoms with E-state index in [1.165, 1.54) is 0 Å². The van der Waals surface area contributed by atoms with Crippen molar-refractivity contribution in [2.45, 2.75) is 31.6 Å². The first-order valence-electron chi connectivity index (χ1n) is 7.84. The highest BCUT2D eigenvalue weighted by Gasteiger charge is 2.51. The maximum Gasteiger partial charge on any atom is 0.251 e. The van der Waals surface area contributed by atoms with Gasteiger partial charge in [0.25, 0.3) is 5.91 Å². The molecule has 4 rings (SSSR count). The van der Waals surface area contributed by atoms with Crippen molar-refractivity contribution in [1.29, 1.82) is 0 Å². The molecule has 24 heavy (non-hydrogen) atoms. The van der Waals surface area contributed by atoms with E-state index in [2.05, 4.69) is 15.5 Å². The normalized spacial score (nSPS) is 25.2. The summed E-state index contributed by atoms with van der Waals surface area (Å²) in [6.07, 6.45) is 0.573. The van der Waals surface area contributed by atoms with E-state index in [9.17, 15) is 4.79 Å².